The van der Waals surface area contributed by atoms with Crippen molar-refractivity contribution in [2.45, 2.75) is 12.8 Å². The van der Waals surface area contributed by atoms with E-state index in [2.05, 4.69) is 27.2 Å². The van der Waals surface area contributed by atoms with E-state index in [9.17, 15) is 9.18 Å². The molecule has 1 aromatic heterocycles. The van der Waals surface area contributed by atoms with Gasteiger partial charge in [0, 0.05) is 17.2 Å². The molecule has 1 aliphatic heterocycles. The minimum atomic E-state index is -0.274. The number of aromatic nitrogens is 2. The van der Waals surface area contributed by atoms with Gasteiger partial charge in [-0.3, -0.25) is 4.79 Å². The van der Waals surface area contributed by atoms with Gasteiger partial charge in [-0.1, -0.05) is 0 Å². The first-order valence-corrected chi connectivity index (χ1v) is 8.83. The summed E-state index contributed by atoms with van der Waals surface area (Å²) in [6.07, 6.45) is 1.78. The number of rotatable bonds is 3. The van der Waals surface area contributed by atoms with E-state index in [4.69, 9.17) is 0 Å². The van der Waals surface area contributed by atoms with E-state index in [0.717, 1.165) is 48.2 Å². The van der Waals surface area contributed by atoms with Gasteiger partial charge in [0.1, 0.15) is 11.6 Å². The van der Waals surface area contributed by atoms with Crippen molar-refractivity contribution in [3.8, 4) is 11.4 Å². The van der Waals surface area contributed by atoms with Crippen molar-refractivity contribution in [3.63, 3.8) is 0 Å². The number of nitrogens with zero attached hydrogens (tertiary/aromatic N) is 2. The second-order valence-corrected chi connectivity index (χ2v) is 6.89. The van der Waals surface area contributed by atoms with Gasteiger partial charge in [0.2, 0.25) is 5.91 Å². The predicted molar refractivity (Wildman–Crippen MR) is 100 cm³/mol. The first-order valence-electron chi connectivity index (χ1n) is 8.83. The minimum absolute atomic E-state index is 0.0680. The van der Waals surface area contributed by atoms with Crippen molar-refractivity contribution in [3.05, 3.63) is 48.3 Å². The molecule has 2 N–H and O–H groups in total. The number of anilines is 1. The van der Waals surface area contributed by atoms with Crippen LogP contribution in [0.5, 0.6) is 0 Å². The Morgan fingerprint density at radius 2 is 1.92 bits per heavy atom. The van der Waals surface area contributed by atoms with Gasteiger partial charge >= 0.3 is 0 Å². The first-order chi connectivity index (χ1) is 12.6. The van der Waals surface area contributed by atoms with Crippen LogP contribution in [0.15, 0.2) is 42.5 Å². The summed E-state index contributed by atoms with van der Waals surface area (Å²) < 4.78 is 13.1. The van der Waals surface area contributed by atoms with Crippen molar-refractivity contribution in [1.29, 1.82) is 0 Å². The summed E-state index contributed by atoms with van der Waals surface area (Å²) in [6.45, 7) is 1.91. The van der Waals surface area contributed by atoms with Gasteiger partial charge in [-0.25, -0.2) is 9.37 Å². The number of benzene rings is 2. The average Bonchev–Trinajstić information content (AvgIpc) is 3.06. The molecule has 1 amide bonds. The van der Waals surface area contributed by atoms with Crippen molar-refractivity contribution in [1.82, 2.24) is 14.9 Å². The van der Waals surface area contributed by atoms with Gasteiger partial charge in [-0.2, -0.15) is 0 Å². The highest BCUT2D eigenvalue weighted by Gasteiger charge is 2.23. The SMILES string of the molecule is CN1CCC(C(=O)Nc2ccc3nc(-c4ccc(F)cc4)[nH]c3c2)CC1. The lowest BCUT2D eigenvalue weighted by molar-refractivity contribution is -0.121. The lowest BCUT2D eigenvalue weighted by atomic mass is 9.96. The zero-order valence-corrected chi connectivity index (χ0v) is 14.6. The summed E-state index contributed by atoms with van der Waals surface area (Å²) in [7, 11) is 2.08. The highest BCUT2D eigenvalue weighted by Crippen LogP contribution is 2.24. The van der Waals surface area contributed by atoms with Crippen LogP contribution in [0.25, 0.3) is 22.4 Å². The molecule has 26 heavy (non-hydrogen) atoms. The Kier molecular flexibility index (Phi) is 4.42. The third-order valence-corrected chi connectivity index (χ3v) is 4.96. The molecule has 0 radical (unpaired) electrons. The van der Waals surface area contributed by atoms with Crippen LogP contribution in [0.4, 0.5) is 10.1 Å². The summed E-state index contributed by atoms with van der Waals surface area (Å²) in [4.78, 5) is 22.5. The lowest BCUT2D eigenvalue weighted by Crippen LogP contribution is -2.35. The lowest BCUT2D eigenvalue weighted by Gasteiger charge is -2.28. The number of fused-ring (bicyclic) bond motifs is 1. The Morgan fingerprint density at radius 1 is 1.19 bits per heavy atom. The fourth-order valence-electron chi connectivity index (χ4n) is 3.35. The average molecular weight is 352 g/mol. The van der Waals surface area contributed by atoms with Crippen LogP contribution < -0.4 is 5.32 Å². The van der Waals surface area contributed by atoms with Crippen LogP contribution in [-0.4, -0.2) is 40.9 Å². The number of halogens is 1. The van der Waals surface area contributed by atoms with Crippen molar-refractivity contribution in [2.24, 2.45) is 5.92 Å². The first kappa shape index (κ1) is 16.7. The molecule has 0 aliphatic carbocycles. The molecule has 0 bridgehead atoms. The largest absolute Gasteiger partial charge is 0.338 e. The molecule has 0 atom stereocenters. The molecule has 3 aromatic rings. The number of hydrogen-bond donors (Lipinski definition) is 2. The third kappa shape index (κ3) is 3.46. The fraction of sp³-hybridized carbons (Fsp3) is 0.300. The van der Waals surface area contributed by atoms with E-state index in [1.54, 1.807) is 12.1 Å². The normalized spacial score (nSPS) is 16.1. The molecule has 6 heteroatoms. The number of nitrogens with one attached hydrogen (secondary N) is 2. The molecule has 1 fully saturated rings. The van der Waals surface area contributed by atoms with E-state index < -0.39 is 0 Å². The number of imidazole rings is 1. The smallest absolute Gasteiger partial charge is 0.227 e. The molecule has 1 saturated heterocycles. The minimum Gasteiger partial charge on any atom is -0.338 e. The number of hydrogen-bond acceptors (Lipinski definition) is 3. The van der Waals surface area contributed by atoms with Gasteiger partial charge in [-0.05, 0) is 75.4 Å². The van der Waals surface area contributed by atoms with E-state index in [1.807, 2.05) is 18.2 Å². The summed E-state index contributed by atoms with van der Waals surface area (Å²) in [6, 6.07) is 11.8. The molecule has 0 spiro atoms. The zero-order chi connectivity index (χ0) is 18.1. The highest BCUT2D eigenvalue weighted by molar-refractivity contribution is 5.94. The van der Waals surface area contributed by atoms with E-state index in [0.29, 0.717) is 5.82 Å². The van der Waals surface area contributed by atoms with Crippen molar-refractivity contribution < 1.29 is 9.18 Å². The maximum absolute atomic E-state index is 13.1. The van der Waals surface area contributed by atoms with Gasteiger partial charge in [0.15, 0.2) is 0 Å². The third-order valence-electron chi connectivity index (χ3n) is 4.96. The number of H-pyrrole nitrogens is 1. The number of amides is 1. The van der Waals surface area contributed by atoms with Crippen LogP contribution in [0.1, 0.15) is 12.8 Å². The van der Waals surface area contributed by atoms with Crippen LogP contribution in [0.3, 0.4) is 0 Å². The fourth-order valence-corrected chi connectivity index (χ4v) is 3.35. The quantitative estimate of drug-likeness (QED) is 0.756. The number of carbonyl (C=O) groups is 1. The second-order valence-electron chi connectivity index (χ2n) is 6.89. The van der Waals surface area contributed by atoms with Crippen LogP contribution in [0, 0.1) is 11.7 Å². The Labute approximate surface area is 151 Å². The van der Waals surface area contributed by atoms with Crippen molar-refractivity contribution in [2.75, 3.05) is 25.5 Å². The Bertz CT molecular complexity index is 927. The van der Waals surface area contributed by atoms with E-state index in [1.165, 1.54) is 12.1 Å². The summed E-state index contributed by atoms with van der Waals surface area (Å²) >= 11 is 0. The Morgan fingerprint density at radius 3 is 2.65 bits per heavy atom. The van der Waals surface area contributed by atoms with Crippen LogP contribution in [0.2, 0.25) is 0 Å². The van der Waals surface area contributed by atoms with Gasteiger partial charge < -0.3 is 15.2 Å². The zero-order valence-electron chi connectivity index (χ0n) is 14.6. The highest BCUT2D eigenvalue weighted by atomic mass is 19.1. The van der Waals surface area contributed by atoms with Gasteiger partial charge in [0.05, 0.1) is 11.0 Å². The monoisotopic (exact) mass is 352 g/mol. The standard InChI is InChI=1S/C20H21FN4O/c1-25-10-8-14(9-11-25)20(26)22-16-6-7-17-18(12-16)24-19(23-17)13-2-4-15(21)5-3-13/h2-7,12,14H,8-11H2,1H3,(H,22,26)(H,23,24). The van der Waals surface area contributed by atoms with Gasteiger partial charge in [0.25, 0.3) is 0 Å². The summed E-state index contributed by atoms with van der Waals surface area (Å²) in [5.41, 5.74) is 3.22. The molecule has 1 aliphatic rings. The molecule has 4 rings (SSSR count). The Balaban J connectivity index is 1.52. The van der Waals surface area contributed by atoms with Crippen LogP contribution in [-0.2, 0) is 4.79 Å². The van der Waals surface area contributed by atoms with Crippen molar-refractivity contribution >= 4 is 22.6 Å². The topological polar surface area (TPSA) is 61.0 Å². The number of likely N-dealkylation sites (tertiary alicyclic amines) is 1. The number of aromatic amines is 1. The van der Waals surface area contributed by atoms with E-state index >= 15 is 0 Å². The predicted octanol–water partition coefficient (Wildman–Crippen LogP) is 3.65. The van der Waals surface area contributed by atoms with Crippen LogP contribution >= 0.6 is 0 Å². The molecule has 5 nitrogen and oxygen atoms in total. The summed E-state index contributed by atoms with van der Waals surface area (Å²) in [5.74, 6) is 0.553. The summed E-state index contributed by atoms with van der Waals surface area (Å²) in [5, 5.41) is 3.02. The molecular weight excluding hydrogens is 331 g/mol. The van der Waals surface area contributed by atoms with E-state index in [-0.39, 0.29) is 17.6 Å². The molecular formula is C20H21FN4O. The maximum atomic E-state index is 13.1. The Hall–Kier alpha value is -2.73. The van der Waals surface area contributed by atoms with Gasteiger partial charge in [-0.15, -0.1) is 0 Å². The second kappa shape index (κ2) is 6.88. The molecule has 0 saturated carbocycles. The molecule has 134 valence electrons. The number of carbonyl (C=O) groups excluding carboxylic acids is 1. The maximum Gasteiger partial charge on any atom is 0.227 e. The number of piperidine rings is 1. The molecule has 2 heterocycles. The molecule has 2 aromatic carbocycles. The molecule has 0 unspecified atom stereocenters.